The number of sulfonamides is 1. The monoisotopic (exact) mass is 686 g/mol. The van der Waals surface area contributed by atoms with Gasteiger partial charge in [-0.15, -0.1) is 0 Å². The number of anilines is 2. The van der Waals surface area contributed by atoms with Gasteiger partial charge in [-0.1, -0.05) is 42.3 Å². The van der Waals surface area contributed by atoms with Gasteiger partial charge in [0.05, 0.1) is 11.7 Å². The van der Waals surface area contributed by atoms with Crippen LogP contribution >= 0.6 is 0 Å². The van der Waals surface area contributed by atoms with Crippen molar-refractivity contribution in [3.05, 3.63) is 60.2 Å². The lowest BCUT2D eigenvalue weighted by molar-refractivity contribution is -0.211. The van der Waals surface area contributed by atoms with Crippen molar-refractivity contribution in [1.82, 2.24) is 10.1 Å². The highest BCUT2D eigenvalue weighted by Crippen LogP contribution is 2.70. The van der Waals surface area contributed by atoms with E-state index >= 15 is 0 Å². The fourth-order valence-corrected chi connectivity index (χ4v) is 9.75. The standard InChI is InChI=1S/C35H38F4N4O4S/c1-48(45,46)42-26-9-7-22(8-10-26)23-4-2-6-27(16-23)43(30(44)32-19-33(36,20-32)21-32)18-25-11-13-31(12-3-5-24(25)17-31)28-40-29(47-41-28)34(14-15-34)35(37,38)39/h2,4,6-10,16,24-25,42H,3,5,11-15,17-21H2,1H3. The summed E-state index contributed by atoms with van der Waals surface area (Å²) in [6, 6.07) is 14.7. The Bertz CT molecular complexity index is 1850. The fourth-order valence-electron chi connectivity index (χ4n) is 9.18. The van der Waals surface area contributed by atoms with E-state index in [2.05, 4.69) is 14.9 Å². The van der Waals surface area contributed by atoms with E-state index < -0.39 is 38.1 Å². The summed E-state index contributed by atoms with van der Waals surface area (Å²) in [7, 11) is -3.42. The Morgan fingerprint density at radius 1 is 1.02 bits per heavy atom. The number of fused-ring (bicyclic) bond motifs is 2. The van der Waals surface area contributed by atoms with Crippen molar-refractivity contribution in [2.45, 2.75) is 93.3 Å². The van der Waals surface area contributed by atoms with Crippen molar-refractivity contribution in [2.24, 2.45) is 17.3 Å². The first-order chi connectivity index (χ1) is 22.6. The van der Waals surface area contributed by atoms with Gasteiger partial charge in [0.2, 0.25) is 21.8 Å². The first kappa shape index (κ1) is 31.8. The molecule has 6 saturated carbocycles. The normalized spacial score (nSPS) is 31.7. The molecule has 6 aliphatic carbocycles. The van der Waals surface area contributed by atoms with Gasteiger partial charge in [0.25, 0.3) is 0 Å². The van der Waals surface area contributed by atoms with Crippen LogP contribution in [0.5, 0.6) is 0 Å². The minimum absolute atomic E-state index is 0.0301. The summed E-state index contributed by atoms with van der Waals surface area (Å²) in [4.78, 5) is 20.5. The van der Waals surface area contributed by atoms with Gasteiger partial charge in [-0.2, -0.15) is 18.2 Å². The second-order valence-electron chi connectivity index (χ2n) is 15.3. The third-order valence-electron chi connectivity index (χ3n) is 11.9. The molecule has 1 amide bonds. The summed E-state index contributed by atoms with van der Waals surface area (Å²) < 4.78 is 87.0. The van der Waals surface area contributed by atoms with Crippen molar-refractivity contribution >= 4 is 27.3 Å². The number of nitrogens with zero attached hydrogens (tertiary/aromatic N) is 3. The van der Waals surface area contributed by atoms with Crippen molar-refractivity contribution in [3.8, 4) is 11.1 Å². The first-order valence-corrected chi connectivity index (χ1v) is 18.6. The Kier molecular flexibility index (Phi) is 6.96. The number of hydrogen-bond acceptors (Lipinski definition) is 6. The van der Waals surface area contributed by atoms with E-state index in [0.29, 0.717) is 24.5 Å². The molecule has 9 rings (SSSR count). The number of aromatic nitrogens is 2. The quantitative estimate of drug-likeness (QED) is 0.234. The molecule has 256 valence electrons. The highest BCUT2D eigenvalue weighted by atomic mass is 32.2. The predicted molar refractivity (Wildman–Crippen MR) is 170 cm³/mol. The van der Waals surface area contributed by atoms with E-state index in [1.165, 1.54) is 0 Å². The largest absolute Gasteiger partial charge is 0.403 e. The number of hydrogen-bond donors (Lipinski definition) is 1. The van der Waals surface area contributed by atoms with Crippen molar-refractivity contribution in [1.29, 1.82) is 0 Å². The molecule has 6 fully saturated rings. The van der Waals surface area contributed by atoms with Crippen LogP contribution < -0.4 is 9.62 Å². The average molecular weight is 687 g/mol. The summed E-state index contributed by atoms with van der Waals surface area (Å²) in [5.41, 5.74) is -1.47. The Labute approximate surface area is 276 Å². The van der Waals surface area contributed by atoms with Crippen molar-refractivity contribution < 1.29 is 35.3 Å². The molecule has 8 nitrogen and oxygen atoms in total. The maximum atomic E-state index is 14.6. The predicted octanol–water partition coefficient (Wildman–Crippen LogP) is 7.47. The lowest BCUT2D eigenvalue weighted by Crippen LogP contribution is -2.70. The molecule has 1 heterocycles. The van der Waals surface area contributed by atoms with Gasteiger partial charge >= 0.3 is 6.18 Å². The Morgan fingerprint density at radius 3 is 2.40 bits per heavy atom. The molecule has 1 N–H and O–H groups in total. The van der Waals surface area contributed by atoms with Crippen LogP contribution in [0.25, 0.3) is 11.1 Å². The lowest BCUT2D eigenvalue weighted by Gasteiger charge is -2.65. The van der Waals surface area contributed by atoms with E-state index in [4.69, 9.17) is 4.52 Å². The van der Waals surface area contributed by atoms with Crippen LogP contribution in [0.1, 0.15) is 82.3 Å². The van der Waals surface area contributed by atoms with E-state index in [9.17, 15) is 30.8 Å². The zero-order valence-electron chi connectivity index (χ0n) is 26.7. The maximum absolute atomic E-state index is 14.6. The molecule has 48 heavy (non-hydrogen) atoms. The molecule has 0 aliphatic heterocycles. The summed E-state index contributed by atoms with van der Waals surface area (Å²) in [5.74, 6) is 0.392. The van der Waals surface area contributed by atoms with E-state index in [0.717, 1.165) is 55.2 Å². The van der Waals surface area contributed by atoms with Gasteiger partial charge in [-0.25, -0.2) is 12.8 Å². The molecule has 3 unspecified atom stereocenters. The van der Waals surface area contributed by atoms with Gasteiger partial charge in [0.15, 0.2) is 5.82 Å². The van der Waals surface area contributed by atoms with Crippen molar-refractivity contribution in [2.75, 3.05) is 22.4 Å². The molecular weight excluding hydrogens is 648 g/mol. The molecule has 2 aromatic carbocycles. The summed E-state index contributed by atoms with van der Waals surface area (Å²) in [6.07, 6.45) is 2.17. The molecule has 0 radical (unpaired) electrons. The number of rotatable bonds is 9. The minimum atomic E-state index is -4.42. The summed E-state index contributed by atoms with van der Waals surface area (Å²) in [6.45, 7) is 0.468. The van der Waals surface area contributed by atoms with E-state index in [1.54, 1.807) is 12.1 Å². The number of alkyl halides is 4. The number of benzene rings is 2. The SMILES string of the molecule is CS(=O)(=O)Nc1ccc(-c2cccc(N(CC3CCC4(c5noc(C6(C(F)(F)F)CC6)n5)CCCC3C4)C(=O)C34CC(F)(C3)C4)c2)cc1. The minimum Gasteiger partial charge on any atom is -0.338 e. The van der Waals surface area contributed by atoms with Crippen LogP contribution in [0, 0.1) is 17.3 Å². The number of amides is 1. The fraction of sp³-hybridized carbons (Fsp3) is 0.571. The average Bonchev–Trinajstić information content (AvgIpc) is 3.68. The topological polar surface area (TPSA) is 105 Å². The Hall–Kier alpha value is -3.48. The number of nitrogens with one attached hydrogen (secondary N) is 1. The third kappa shape index (κ3) is 5.22. The van der Waals surface area contributed by atoms with Gasteiger partial charge in [-0.3, -0.25) is 9.52 Å². The molecule has 1 aromatic heterocycles. The highest BCUT2D eigenvalue weighted by Gasteiger charge is 2.73. The van der Waals surface area contributed by atoms with Gasteiger partial charge in [-0.05, 0) is 105 Å². The highest BCUT2D eigenvalue weighted by molar-refractivity contribution is 7.92. The Balaban J connectivity index is 1.04. The summed E-state index contributed by atoms with van der Waals surface area (Å²) >= 11 is 0. The van der Waals surface area contributed by atoms with Crippen LogP contribution in [0.3, 0.4) is 0 Å². The molecule has 0 spiro atoms. The zero-order valence-corrected chi connectivity index (χ0v) is 27.5. The third-order valence-corrected chi connectivity index (χ3v) is 12.5. The van der Waals surface area contributed by atoms with E-state index in [1.807, 2.05) is 41.3 Å². The molecule has 0 saturated heterocycles. The number of carbonyl (C=O) groups is 1. The van der Waals surface area contributed by atoms with Gasteiger partial charge in [0.1, 0.15) is 11.1 Å². The van der Waals surface area contributed by atoms with Crippen LogP contribution in [0.2, 0.25) is 0 Å². The first-order valence-electron chi connectivity index (χ1n) is 16.7. The zero-order chi connectivity index (χ0) is 33.7. The molecule has 3 aromatic rings. The smallest absolute Gasteiger partial charge is 0.338 e. The van der Waals surface area contributed by atoms with Gasteiger partial charge in [0, 0.05) is 23.3 Å². The van der Waals surface area contributed by atoms with Crippen LogP contribution in [-0.4, -0.2) is 49.1 Å². The molecule has 3 atom stereocenters. The maximum Gasteiger partial charge on any atom is 0.403 e. The summed E-state index contributed by atoms with van der Waals surface area (Å²) in [5, 5.41) is 4.14. The second-order valence-corrected chi connectivity index (χ2v) is 17.1. The lowest BCUT2D eigenvalue weighted by atomic mass is 9.42. The number of carbonyl (C=O) groups excluding carboxylic acids is 1. The van der Waals surface area contributed by atoms with Crippen LogP contribution in [-0.2, 0) is 25.6 Å². The molecule has 4 bridgehead atoms. The second kappa shape index (κ2) is 10.5. The van der Waals surface area contributed by atoms with E-state index in [-0.39, 0.29) is 55.7 Å². The molecular formula is C35H38F4N4O4S. The van der Waals surface area contributed by atoms with Gasteiger partial charge < -0.3 is 9.42 Å². The van der Waals surface area contributed by atoms with Crippen LogP contribution in [0.4, 0.5) is 28.9 Å². The number of halogens is 4. The van der Waals surface area contributed by atoms with Crippen molar-refractivity contribution in [3.63, 3.8) is 0 Å². The molecule has 13 heteroatoms. The Morgan fingerprint density at radius 2 is 1.75 bits per heavy atom. The molecule has 6 aliphatic rings. The van der Waals surface area contributed by atoms with Crippen LogP contribution in [0.15, 0.2) is 53.1 Å².